The molecule has 7 nitrogen and oxygen atoms in total. The zero-order valence-corrected chi connectivity index (χ0v) is 14.9. The normalized spacial score (nSPS) is 10.8. The molecule has 0 bridgehead atoms. The van der Waals surface area contributed by atoms with Crippen molar-refractivity contribution in [1.82, 2.24) is 19.7 Å². The van der Waals surface area contributed by atoms with Crippen LogP contribution in [-0.2, 0) is 7.05 Å². The second kappa shape index (κ2) is 6.57. The first-order chi connectivity index (χ1) is 12.6. The van der Waals surface area contributed by atoms with Crippen molar-refractivity contribution >= 4 is 22.2 Å². The van der Waals surface area contributed by atoms with E-state index in [0.717, 1.165) is 16.3 Å². The maximum atomic E-state index is 12.4. The smallest absolute Gasteiger partial charge is 0.256 e. The molecule has 8 heteroatoms. The number of aromatic nitrogens is 4. The van der Waals surface area contributed by atoms with Crippen molar-refractivity contribution in [2.45, 2.75) is 6.92 Å². The Morgan fingerprint density at radius 1 is 1.27 bits per heavy atom. The summed E-state index contributed by atoms with van der Waals surface area (Å²) in [6, 6.07) is 9.32. The predicted octanol–water partition coefficient (Wildman–Crippen LogP) is 3.76. The van der Waals surface area contributed by atoms with Crippen molar-refractivity contribution in [2.75, 3.05) is 5.32 Å². The number of carbonyl (C=O) groups is 1. The number of carbonyl (C=O) groups excluding carboxylic acids is 1. The van der Waals surface area contributed by atoms with E-state index in [2.05, 4.69) is 20.4 Å². The summed E-state index contributed by atoms with van der Waals surface area (Å²) in [6.07, 6.45) is 4.73. The molecule has 1 aromatic carbocycles. The van der Waals surface area contributed by atoms with Crippen LogP contribution in [0, 0.1) is 6.92 Å². The molecule has 3 heterocycles. The second-order valence-corrected chi connectivity index (χ2v) is 6.71. The highest BCUT2D eigenvalue weighted by Gasteiger charge is 2.16. The maximum Gasteiger partial charge on any atom is 0.256 e. The average Bonchev–Trinajstić information content (AvgIpc) is 3.35. The van der Waals surface area contributed by atoms with Crippen LogP contribution < -0.4 is 5.32 Å². The average molecular weight is 365 g/mol. The number of hydrogen-bond acceptors (Lipinski definition) is 6. The van der Waals surface area contributed by atoms with Gasteiger partial charge in [0.25, 0.3) is 5.91 Å². The quantitative estimate of drug-likeness (QED) is 0.595. The first kappa shape index (κ1) is 16.2. The molecule has 0 aliphatic carbocycles. The maximum absolute atomic E-state index is 12.4. The van der Waals surface area contributed by atoms with Gasteiger partial charge in [-0.05, 0) is 24.6 Å². The fourth-order valence-electron chi connectivity index (χ4n) is 2.58. The Labute approximate surface area is 153 Å². The molecule has 0 fully saturated rings. The third-order valence-corrected chi connectivity index (χ3v) is 4.82. The van der Waals surface area contributed by atoms with E-state index in [9.17, 15) is 4.79 Å². The van der Waals surface area contributed by atoms with Crippen LogP contribution in [0.1, 0.15) is 15.9 Å². The minimum atomic E-state index is -0.149. The highest BCUT2D eigenvalue weighted by molar-refractivity contribution is 7.19. The minimum Gasteiger partial charge on any atom is -0.443 e. The largest absolute Gasteiger partial charge is 0.443 e. The summed E-state index contributed by atoms with van der Waals surface area (Å²) in [5, 5.41) is 8.72. The molecule has 1 amide bonds. The van der Waals surface area contributed by atoms with E-state index in [1.165, 1.54) is 17.6 Å². The summed E-state index contributed by atoms with van der Waals surface area (Å²) in [6.45, 7) is 1.91. The molecule has 0 radical (unpaired) electrons. The lowest BCUT2D eigenvalue weighted by atomic mass is 10.1. The second-order valence-electron chi connectivity index (χ2n) is 5.67. The van der Waals surface area contributed by atoms with Crippen LogP contribution in [0.25, 0.3) is 22.3 Å². The molecule has 0 saturated heterocycles. The van der Waals surface area contributed by atoms with Crippen molar-refractivity contribution < 1.29 is 9.21 Å². The molecule has 0 aliphatic heterocycles. The van der Waals surface area contributed by atoms with E-state index < -0.39 is 0 Å². The highest BCUT2D eigenvalue weighted by Crippen LogP contribution is 2.31. The third-order valence-electron chi connectivity index (χ3n) is 3.88. The van der Waals surface area contributed by atoms with Gasteiger partial charge in [-0.15, -0.1) is 0 Å². The third kappa shape index (κ3) is 3.02. The zero-order chi connectivity index (χ0) is 18.1. The van der Waals surface area contributed by atoms with Gasteiger partial charge in [0.05, 0.1) is 18.1 Å². The molecule has 130 valence electrons. The standard InChI is InChI=1S/C18H15N5O2S/c1-11-5-3-4-6-12(11)16(24)21-15-10-20-18(26-15)14-9-13(22-23(14)2)17-19-7-8-25-17/h3-10H,1-2H3,(H,21,24). The molecule has 0 unspecified atom stereocenters. The van der Waals surface area contributed by atoms with Gasteiger partial charge in [0, 0.05) is 12.6 Å². The van der Waals surface area contributed by atoms with E-state index >= 15 is 0 Å². The molecule has 4 rings (SSSR count). The first-order valence-electron chi connectivity index (χ1n) is 7.89. The van der Waals surface area contributed by atoms with Gasteiger partial charge in [-0.3, -0.25) is 9.48 Å². The van der Waals surface area contributed by atoms with Crippen LogP contribution in [0.4, 0.5) is 5.00 Å². The lowest BCUT2D eigenvalue weighted by molar-refractivity contribution is 0.102. The molecular formula is C18H15N5O2S. The fourth-order valence-corrected chi connectivity index (χ4v) is 3.44. The highest BCUT2D eigenvalue weighted by atomic mass is 32.1. The van der Waals surface area contributed by atoms with E-state index in [0.29, 0.717) is 22.1 Å². The van der Waals surface area contributed by atoms with Crippen LogP contribution >= 0.6 is 11.3 Å². The summed E-state index contributed by atoms with van der Waals surface area (Å²) < 4.78 is 6.99. The summed E-state index contributed by atoms with van der Waals surface area (Å²) in [4.78, 5) is 20.9. The van der Waals surface area contributed by atoms with Gasteiger partial charge in [0.2, 0.25) is 5.89 Å². The first-order valence-corrected chi connectivity index (χ1v) is 8.70. The van der Waals surface area contributed by atoms with Gasteiger partial charge in [0.1, 0.15) is 22.0 Å². The molecule has 3 aromatic heterocycles. The number of rotatable bonds is 4. The van der Waals surface area contributed by atoms with Crippen LogP contribution in [0.5, 0.6) is 0 Å². The molecule has 0 saturated carbocycles. The number of nitrogens with zero attached hydrogens (tertiary/aromatic N) is 4. The number of benzene rings is 1. The van der Waals surface area contributed by atoms with Crippen molar-refractivity contribution in [3.05, 3.63) is 60.1 Å². The van der Waals surface area contributed by atoms with Crippen LogP contribution in [0.15, 0.2) is 53.4 Å². The Bertz CT molecular complexity index is 1070. The molecule has 0 aliphatic rings. The molecule has 0 atom stereocenters. The zero-order valence-electron chi connectivity index (χ0n) is 14.1. The lowest BCUT2D eigenvalue weighted by Crippen LogP contribution is -2.12. The van der Waals surface area contributed by atoms with Crippen molar-refractivity contribution in [3.63, 3.8) is 0 Å². The Hall–Kier alpha value is -3.26. The van der Waals surface area contributed by atoms with Crippen LogP contribution in [0.3, 0.4) is 0 Å². The van der Waals surface area contributed by atoms with Gasteiger partial charge in [-0.1, -0.05) is 29.5 Å². The minimum absolute atomic E-state index is 0.149. The fraction of sp³-hybridized carbons (Fsp3) is 0.111. The van der Waals surface area contributed by atoms with E-state index in [1.54, 1.807) is 23.1 Å². The van der Waals surface area contributed by atoms with Gasteiger partial charge >= 0.3 is 0 Å². The SMILES string of the molecule is Cc1ccccc1C(=O)Nc1cnc(-c2cc(-c3ncco3)nn2C)s1. The molecule has 26 heavy (non-hydrogen) atoms. The topological polar surface area (TPSA) is 85.8 Å². The molecular weight excluding hydrogens is 350 g/mol. The van der Waals surface area contributed by atoms with Gasteiger partial charge in [-0.2, -0.15) is 5.10 Å². The molecule has 1 N–H and O–H groups in total. The number of oxazole rings is 1. The van der Waals surface area contributed by atoms with Gasteiger partial charge in [-0.25, -0.2) is 9.97 Å². The Kier molecular flexibility index (Phi) is 4.10. The number of hydrogen-bond donors (Lipinski definition) is 1. The summed E-state index contributed by atoms with van der Waals surface area (Å²) in [7, 11) is 1.83. The van der Waals surface area contributed by atoms with E-state index in [1.807, 2.05) is 38.2 Å². The van der Waals surface area contributed by atoms with Gasteiger partial charge < -0.3 is 9.73 Å². The summed E-state index contributed by atoms with van der Waals surface area (Å²) in [5.74, 6) is 0.306. The number of aryl methyl sites for hydroxylation is 2. The Balaban J connectivity index is 1.57. The van der Waals surface area contributed by atoms with Gasteiger partial charge in [0.15, 0.2) is 0 Å². The van der Waals surface area contributed by atoms with Crippen molar-refractivity contribution in [1.29, 1.82) is 0 Å². The van der Waals surface area contributed by atoms with Crippen molar-refractivity contribution in [2.24, 2.45) is 7.05 Å². The monoisotopic (exact) mass is 365 g/mol. The predicted molar refractivity (Wildman–Crippen MR) is 98.9 cm³/mol. The number of thiazole rings is 1. The lowest BCUT2D eigenvalue weighted by Gasteiger charge is -2.04. The van der Waals surface area contributed by atoms with Crippen LogP contribution in [-0.4, -0.2) is 25.7 Å². The number of nitrogens with one attached hydrogen (secondary N) is 1. The van der Waals surface area contributed by atoms with Crippen LogP contribution in [0.2, 0.25) is 0 Å². The van der Waals surface area contributed by atoms with E-state index in [-0.39, 0.29) is 5.91 Å². The Morgan fingerprint density at radius 2 is 2.12 bits per heavy atom. The molecule has 4 aromatic rings. The molecule has 0 spiro atoms. The number of anilines is 1. The Morgan fingerprint density at radius 3 is 2.88 bits per heavy atom. The van der Waals surface area contributed by atoms with Crippen molar-refractivity contribution in [3.8, 4) is 22.3 Å². The summed E-state index contributed by atoms with van der Waals surface area (Å²) in [5.41, 5.74) is 3.03. The summed E-state index contributed by atoms with van der Waals surface area (Å²) >= 11 is 1.38. The number of amides is 1. The van der Waals surface area contributed by atoms with E-state index in [4.69, 9.17) is 4.42 Å².